The van der Waals surface area contributed by atoms with Crippen molar-refractivity contribution < 1.29 is 8.83 Å². The van der Waals surface area contributed by atoms with Crippen LogP contribution in [0, 0.1) is 0 Å². The van der Waals surface area contributed by atoms with E-state index in [0.717, 1.165) is 118 Å². The fourth-order valence-electron chi connectivity index (χ4n) is 12.6. The van der Waals surface area contributed by atoms with Crippen molar-refractivity contribution in [1.82, 2.24) is 0 Å². The molecule has 4 nitrogen and oxygen atoms in total. The lowest BCUT2D eigenvalue weighted by Gasteiger charge is -2.29. The van der Waals surface area contributed by atoms with Gasteiger partial charge in [-0.25, -0.2) is 0 Å². The van der Waals surface area contributed by atoms with E-state index < -0.39 is 0 Å². The molecule has 0 spiro atoms. The third-order valence-electron chi connectivity index (χ3n) is 16.0. The fourth-order valence-corrected chi connectivity index (χ4v) is 12.6. The Kier molecular flexibility index (Phi) is 9.43. The minimum Gasteiger partial charge on any atom is -0.453 e. The van der Waals surface area contributed by atoms with Crippen molar-refractivity contribution in [1.29, 1.82) is 0 Å². The number of rotatable bonds is 8. The average molecular weight is 971 g/mol. The van der Waals surface area contributed by atoms with Crippen molar-refractivity contribution in [3.8, 4) is 11.1 Å². The lowest BCUT2D eigenvalue weighted by atomic mass is 9.91. The third kappa shape index (κ3) is 6.37. The quantitative estimate of drug-likeness (QED) is 0.142. The summed E-state index contributed by atoms with van der Waals surface area (Å²) in [5, 5.41) is 16.3. The highest BCUT2D eigenvalue weighted by Gasteiger charge is 2.28. The van der Waals surface area contributed by atoms with Crippen LogP contribution in [0.25, 0.3) is 114 Å². The molecular weight excluding hydrogens is 925 g/mol. The van der Waals surface area contributed by atoms with Gasteiger partial charge in [0.1, 0.15) is 11.2 Å². The zero-order valence-corrected chi connectivity index (χ0v) is 41.4. The van der Waals surface area contributed by atoms with E-state index in [1.165, 1.54) is 48.7 Å². The Bertz CT molecular complexity index is 4870. The van der Waals surface area contributed by atoms with E-state index in [2.05, 4.69) is 265 Å². The second kappa shape index (κ2) is 16.8. The molecule has 15 aromatic rings. The molecule has 13 aromatic carbocycles. The molecule has 0 amide bonds. The molecule has 356 valence electrons. The van der Waals surface area contributed by atoms with Gasteiger partial charge in [0.2, 0.25) is 0 Å². The molecule has 0 atom stereocenters. The Hall–Kier alpha value is -9.90. The number of hydrogen-bond donors (Lipinski definition) is 0. The maximum absolute atomic E-state index is 7.33. The number of benzene rings is 13. The monoisotopic (exact) mass is 970 g/mol. The van der Waals surface area contributed by atoms with Gasteiger partial charge in [-0.05, 0) is 128 Å². The molecule has 0 saturated carbocycles. The number of hydrogen-bond acceptors (Lipinski definition) is 4. The number of allylic oxidation sites excluding steroid dienone is 4. The lowest BCUT2D eigenvalue weighted by molar-refractivity contribution is 0.667. The largest absolute Gasteiger partial charge is 0.453 e. The standard InChI is InChI=1S/C72H46N2O2/c1-5-19-45(20-6-1)59-43-49-23-13-15-29-53(49)67-57-31-17-33-63(69(57)75-71(59)67)73(51-25-9-3-10-26-51)61-41-37-47-36-40-56-62(42-38-48-35-39-55(61)65(47)66(48)56)74(52-27-11-4-12-28-52)64-34-18-32-58-68-54-30-16-14-24-50(54)44-60(72(68)76-70(58)64)46-21-7-2-8-22-46/h1-7,9-21,23-44H,8,22H2. The predicted octanol–water partition coefficient (Wildman–Crippen LogP) is 21.0. The van der Waals surface area contributed by atoms with E-state index in [-0.39, 0.29) is 0 Å². The molecular formula is C72H46N2O2. The average Bonchev–Trinajstić information content (AvgIpc) is 4.14. The topological polar surface area (TPSA) is 32.8 Å². The highest BCUT2D eigenvalue weighted by atomic mass is 16.3. The normalized spacial score (nSPS) is 12.9. The van der Waals surface area contributed by atoms with Crippen molar-refractivity contribution in [2.75, 3.05) is 9.80 Å². The first kappa shape index (κ1) is 42.6. The van der Waals surface area contributed by atoms with Crippen molar-refractivity contribution in [3.05, 3.63) is 260 Å². The summed E-state index contributed by atoms with van der Waals surface area (Å²) in [4.78, 5) is 4.81. The van der Waals surface area contributed by atoms with Crippen LogP contribution in [0.3, 0.4) is 0 Å². The van der Waals surface area contributed by atoms with Crippen molar-refractivity contribution in [2.24, 2.45) is 0 Å². The minimum atomic E-state index is 0.841. The number of para-hydroxylation sites is 4. The van der Waals surface area contributed by atoms with Crippen molar-refractivity contribution >= 4 is 137 Å². The van der Waals surface area contributed by atoms with Crippen LogP contribution in [0.4, 0.5) is 34.1 Å². The highest BCUT2D eigenvalue weighted by Crippen LogP contribution is 2.52. The maximum Gasteiger partial charge on any atom is 0.159 e. The molecule has 1 aliphatic carbocycles. The number of fused-ring (bicyclic) bond motifs is 10. The minimum absolute atomic E-state index is 0.841. The molecule has 16 rings (SSSR count). The summed E-state index contributed by atoms with van der Waals surface area (Å²) < 4.78 is 14.6. The summed E-state index contributed by atoms with van der Waals surface area (Å²) in [6.07, 6.45) is 8.68. The second-order valence-electron chi connectivity index (χ2n) is 20.2. The van der Waals surface area contributed by atoms with Gasteiger partial charge >= 0.3 is 0 Å². The van der Waals surface area contributed by atoms with Crippen LogP contribution in [0.15, 0.2) is 264 Å². The summed E-state index contributed by atoms with van der Waals surface area (Å²) in [7, 11) is 0. The molecule has 0 N–H and O–H groups in total. The second-order valence-corrected chi connectivity index (χ2v) is 20.2. The van der Waals surface area contributed by atoms with Gasteiger partial charge in [0.25, 0.3) is 0 Å². The molecule has 0 aliphatic heterocycles. The van der Waals surface area contributed by atoms with E-state index >= 15 is 0 Å². The Morgan fingerprint density at radius 2 is 0.776 bits per heavy atom. The van der Waals surface area contributed by atoms with E-state index in [4.69, 9.17) is 8.83 Å². The van der Waals surface area contributed by atoms with Gasteiger partial charge in [-0.15, -0.1) is 0 Å². The van der Waals surface area contributed by atoms with Crippen LogP contribution in [0.1, 0.15) is 18.4 Å². The molecule has 2 heterocycles. The highest BCUT2D eigenvalue weighted by molar-refractivity contribution is 6.30. The molecule has 0 radical (unpaired) electrons. The Balaban J connectivity index is 0.937. The van der Waals surface area contributed by atoms with E-state index in [9.17, 15) is 0 Å². The fraction of sp³-hybridized carbons (Fsp3) is 0.0278. The number of nitrogens with zero attached hydrogens (tertiary/aromatic N) is 2. The van der Waals surface area contributed by atoms with Crippen LogP contribution >= 0.6 is 0 Å². The Morgan fingerprint density at radius 3 is 1.30 bits per heavy atom. The number of anilines is 6. The third-order valence-corrected chi connectivity index (χ3v) is 16.0. The molecule has 0 bridgehead atoms. The van der Waals surface area contributed by atoms with Crippen LogP contribution in [0.5, 0.6) is 0 Å². The molecule has 76 heavy (non-hydrogen) atoms. The van der Waals surface area contributed by atoms with Gasteiger partial charge in [-0.3, -0.25) is 0 Å². The molecule has 4 heteroatoms. The summed E-state index contributed by atoms with van der Waals surface area (Å²) >= 11 is 0. The summed E-state index contributed by atoms with van der Waals surface area (Å²) in [5.41, 5.74) is 14.4. The lowest BCUT2D eigenvalue weighted by Crippen LogP contribution is -2.11. The van der Waals surface area contributed by atoms with Gasteiger partial charge in [-0.1, -0.05) is 194 Å². The first-order chi connectivity index (χ1) is 37.7. The molecule has 1 aliphatic rings. The van der Waals surface area contributed by atoms with Crippen LogP contribution in [-0.4, -0.2) is 0 Å². The van der Waals surface area contributed by atoms with Crippen LogP contribution < -0.4 is 9.80 Å². The van der Waals surface area contributed by atoms with E-state index in [1.54, 1.807) is 0 Å². The summed E-state index contributed by atoms with van der Waals surface area (Å²) in [6.45, 7) is 0. The zero-order chi connectivity index (χ0) is 49.8. The Morgan fingerprint density at radius 1 is 0.316 bits per heavy atom. The van der Waals surface area contributed by atoms with E-state index in [1.807, 2.05) is 0 Å². The Labute approximate surface area is 438 Å². The van der Waals surface area contributed by atoms with Gasteiger partial charge in [0.05, 0.1) is 22.7 Å². The van der Waals surface area contributed by atoms with Gasteiger partial charge in [0, 0.05) is 54.8 Å². The van der Waals surface area contributed by atoms with Crippen LogP contribution in [0.2, 0.25) is 0 Å². The molecule has 0 fully saturated rings. The molecule has 2 aromatic heterocycles. The maximum atomic E-state index is 7.33. The first-order valence-corrected chi connectivity index (χ1v) is 26.3. The van der Waals surface area contributed by atoms with Gasteiger partial charge < -0.3 is 18.6 Å². The summed E-state index contributed by atoms with van der Waals surface area (Å²) in [5.74, 6) is 0. The SMILES string of the molecule is C1=CCCC(c2cc3ccccc3c3c2oc2c(N(c4ccccc4)c4ccc5ccc6c(N(c7ccccc7)c7cccc8c7oc7c(-c9ccccc9)cc9ccccc9c78)ccc7ccc4c5c76)cccc23)=C1. The van der Waals surface area contributed by atoms with Crippen LogP contribution in [-0.2, 0) is 0 Å². The van der Waals surface area contributed by atoms with Gasteiger partial charge in [0.15, 0.2) is 11.2 Å². The zero-order valence-electron chi connectivity index (χ0n) is 41.4. The first-order valence-electron chi connectivity index (χ1n) is 26.3. The van der Waals surface area contributed by atoms with Crippen molar-refractivity contribution in [2.45, 2.75) is 12.8 Å². The molecule has 0 unspecified atom stereocenters. The number of furan rings is 2. The van der Waals surface area contributed by atoms with Crippen molar-refractivity contribution in [3.63, 3.8) is 0 Å². The molecule has 0 saturated heterocycles. The smallest absolute Gasteiger partial charge is 0.159 e. The van der Waals surface area contributed by atoms with Gasteiger partial charge in [-0.2, -0.15) is 0 Å². The summed E-state index contributed by atoms with van der Waals surface area (Å²) in [6, 6.07) is 85.8. The van der Waals surface area contributed by atoms with E-state index in [0.29, 0.717) is 0 Å². The predicted molar refractivity (Wildman–Crippen MR) is 321 cm³/mol.